The number of anilines is 1. The minimum Gasteiger partial charge on any atom is -0.385 e. The Morgan fingerprint density at radius 2 is 2.37 bits per heavy atom. The van der Waals surface area contributed by atoms with Crippen LogP contribution in [0.25, 0.3) is 0 Å². The van der Waals surface area contributed by atoms with Crippen molar-refractivity contribution in [3.05, 3.63) is 24.0 Å². The smallest absolute Gasteiger partial charge is 0.269 e. The molecule has 1 aromatic rings. The monoisotopic (exact) mass is 266 g/mol. The maximum absolute atomic E-state index is 11.6. The lowest BCUT2D eigenvalue weighted by Gasteiger charge is -2.12. The maximum Gasteiger partial charge on any atom is 0.269 e. The minimum atomic E-state index is -0.165. The van der Waals surface area contributed by atoms with Crippen LogP contribution in [0.15, 0.2) is 18.3 Å². The molecule has 0 spiro atoms. The number of aromatic nitrogens is 1. The van der Waals surface area contributed by atoms with Crippen LogP contribution in [-0.2, 0) is 4.74 Å². The lowest BCUT2D eigenvalue weighted by molar-refractivity contribution is 0.0951. The van der Waals surface area contributed by atoms with Gasteiger partial charge in [-0.05, 0) is 25.5 Å². The van der Waals surface area contributed by atoms with Crippen LogP contribution in [-0.4, -0.2) is 43.7 Å². The first-order valence-corrected chi connectivity index (χ1v) is 6.40. The van der Waals surface area contributed by atoms with Gasteiger partial charge in [0.2, 0.25) is 0 Å². The number of pyridine rings is 1. The number of carbonyl (C=O) groups excluding carboxylic acids is 1. The van der Waals surface area contributed by atoms with Gasteiger partial charge in [-0.2, -0.15) is 0 Å². The summed E-state index contributed by atoms with van der Waals surface area (Å²) in [6.45, 7) is 3.73. The zero-order valence-corrected chi connectivity index (χ0v) is 11.5. The molecule has 1 atom stereocenters. The Hall–Kier alpha value is -1.66. The molecule has 1 aromatic heterocycles. The Morgan fingerprint density at radius 1 is 1.58 bits per heavy atom. The lowest BCUT2D eigenvalue weighted by Crippen LogP contribution is -2.28. The fourth-order valence-electron chi connectivity index (χ4n) is 1.62. The van der Waals surface area contributed by atoms with E-state index in [1.54, 1.807) is 19.4 Å². The normalized spacial score (nSPS) is 11.9. The highest BCUT2D eigenvalue weighted by Gasteiger charge is 2.06. The van der Waals surface area contributed by atoms with Crippen LogP contribution in [0.2, 0.25) is 0 Å². The van der Waals surface area contributed by atoms with E-state index in [1.807, 2.05) is 13.0 Å². The van der Waals surface area contributed by atoms with Crippen molar-refractivity contribution in [2.75, 3.05) is 32.1 Å². The van der Waals surface area contributed by atoms with Crippen molar-refractivity contribution in [3.8, 4) is 0 Å². The van der Waals surface area contributed by atoms with E-state index in [0.717, 1.165) is 18.7 Å². The molecule has 0 bridgehead atoms. The van der Waals surface area contributed by atoms with Crippen LogP contribution < -0.4 is 16.4 Å². The number of rotatable bonds is 8. The molecular weight excluding hydrogens is 244 g/mol. The number of methoxy groups -OCH3 is 1. The molecule has 6 nitrogen and oxygen atoms in total. The van der Waals surface area contributed by atoms with Gasteiger partial charge < -0.3 is 21.1 Å². The average Bonchev–Trinajstić information content (AvgIpc) is 2.40. The van der Waals surface area contributed by atoms with Crippen molar-refractivity contribution in [2.45, 2.75) is 19.4 Å². The third-order valence-electron chi connectivity index (χ3n) is 2.55. The number of nitrogens with zero attached hydrogens (tertiary/aromatic N) is 1. The molecule has 0 aliphatic heterocycles. The Labute approximate surface area is 113 Å². The predicted octanol–water partition coefficient (Wildman–Crippen LogP) is 0.607. The number of hydrogen-bond donors (Lipinski definition) is 3. The van der Waals surface area contributed by atoms with E-state index >= 15 is 0 Å². The molecule has 0 aliphatic rings. The maximum atomic E-state index is 11.6. The Bertz CT molecular complexity index is 398. The van der Waals surface area contributed by atoms with Crippen molar-refractivity contribution >= 4 is 11.6 Å². The molecule has 0 aliphatic carbocycles. The number of hydrogen-bond acceptors (Lipinski definition) is 5. The molecule has 0 saturated heterocycles. The molecule has 0 fully saturated rings. The highest BCUT2D eigenvalue weighted by molar-refractivity contribution is 5.93. The summed E-state index contributed by atoms with van der Waals surface area (Å²) in [7, 11) is 1.63. The second-order valence-electron chi connectivity index (χ2n) is 4.22. The van der Waals surface area contributed by atoms with E-state index in [4.69, 9.17) is 10.5 Å². The first-order valence-electron chi connectivity index (χ1n) is 6.40. The fourth-order valence-corrected chi connectivity index (χ4v) is 1.62. The summed E-state index contributed by atoms with van der Waals surface area (Å²) in [5.41, 5.74) is 7.10. The van der Waals surface area contributed by atoms with Crippen molar-refractivity contribution < 1.29 is 9.53 Å². The lowest BCUT2D eigenvalue weighted by atomic mass is 10.2. The van der Waals surface area contributed by atoms with E-state index in [-0.39, 0.29) is 11.9 Å². The van der Waals surface area contributed by atoms with Gasteiger partial charge in [0.1, 0.15) is 5.69 Å². The van der Waals surface area contributed by atoms with Crippen LogP contribution >= 0.6 is 0 Å². The summed E-state index contributed by atoms with van der Waals surface area (Å²) < 4.78 is 4.97. The van der Waals surface area contributed by atoms with Crippen molar-refractivity contribution in [2.24, 2.45) is 5.73 Å². The van der Waals surface area contributed by atoms with Gasteiger partial charge in [-0.3, -0.25) is 9.78 Å². The third-order valence-corrected chi connectivity index (χ3v) is 2.55. The topological polar surface area (TPSA) is 89.3 Å². The molecule has 1 rings (SSSR count). The van der Waals surface area contributed by atoms with Crippen LogP contribution in [0.1, 0.15) is 23.8 Å². The van der Waals surface area contributed by atoms with E-state index in [1.165, 1.54) is 0 Å². The second-order valence-corrected chi connectivity index (χ2v) is 4.22. The van der Waals surface area contributed by atoms with Gasteiger partial charge in [-0.25, -0.2) is 0 Å². The summed E-state index contributed by atoms with van der Waals surface area (Å²) in [4.78, 5) is 15.7. The zero-order valence-electron chi connectivity index (χ0n) is 11.5. The number of nitrogens with one attached hydrogen (secondary N) is 2. The molecule has 0 saturated carbocycles. The van der Waals surface area contributed by atoms with Crippen LogP contribution in [0.3, 0.4) is 0 Å². The summed E-state index contributed by atoms with van der Waals surface area (Å²) >= 11 is 0. The van der Waals surface area contributed by atoms with E-state index in [0.29, 0.717) is 18.8 Å². The van der Waals surface area contributed by atoms with Gasteiger partial charge in [0.25, 0.3) is 5.91 Å². The molecule has 0 aromatic carbocycles. The van der Waals surface area contributed by atoms with Crippen LogP contribution in [0.5, 0.6) is 0 Å². The highest BCUT2D eigenvalue weighted by Crippen LogP contribution is 2.08. The number of ether oxygens (including phenoxy) is 1. The molecule has 106 valence electrons. The Kier molecular flexibility index (Phi) is 6.84. The van der Waals surface area contributed by atoms with E-state index in [9.17, 15) is 4.79 Å². The first kappa shape index (κ1) is 15.4. The van der Waals surface area contributed by atoms with E-state index < -0.39 is 0 Å². The summed E-state index contributed by atoms with van der Waals surface area (Å²) in [5, 5.41) is 5.93. The van der Waals surface area contributed by atoms with Gasteiger partial charge in [-0.15, -0.1) is 0 Å². The van der Waals surface area contributed by atoms with Gasteiger partial charge >= 0.3 is 0 Å². The second kappa shape index (κ2) is 8.44. The van der Waals surface area contributed by atoms with Gasteiger partial charge in [-0.1, -0.05) is 0 Å². The third kappa shape index (κ3) is 5.67. The minimum absolute atomic E-state index is 0.0159. The molecule has 1 heterocycles. The molecule has 6 heteroatoms. The summed E-state index contributed by atoms with van der Waals surface area (Å²) in [6, 6.07) is 3.57. The molecule has 1 amide bonds. The van der Waals surface area contributed by atoms with Gasteiger partial charge in [0.15, 0.2) is 0 Å². The molecule has 4 N–H and O–H groups in total. The molecule has 1 unspecified atom stereocenters. The Balaban J connectivity index is 2.46. The van der Waals surface area contributed by atoms with Crippen molar-refractivity contribution in [1.82, 2.24) is 10.3 Å². The fraction of sp³-hybridized carbons (Fsp3) is 0.538. The summed E-state index contributed by atoms with van der Waals surface area (Å²) in [6.07, 6.45) is 2.41. The average molecular weight is 266 g/mol. The highest BCUT2D eigenvalue weighted by atomic mass is 16.5. The molecular formula is C13H22N4O2. The quantitative estimate of drug-likeness (QED) is 0.641. The summed E-state index contributed by atoms with van der Waals surface area (Å²) in [5.74, 6) is -0.165. The number of carbonyl (C=O) groups is 1. The van der Waals surface area contributed by atoms with Crippen molar-refractivity contribution in [3.63, 3.8) is 0 Å². The molecule has 0 radical (unpaired) electrons. The van der Waals surface area contributed by atoms with Gasteiger partial charge in [0, 0.05) is 38.1 Å². The Morgan fingerprint density at radius 3 is 3.05 bits per heavy atom. The standard InChI is InChI=1S/C13H22N4O2/c1-3-15-13(18)12-8-11(5-7-17-12)16-6-4-10(14)9-19-2/h5,7-8,10H,3-4,6,9,14H2,1-2H3,(H,15,18)(H,16,17). The van der Waals surface area contributed by atoms with Crippen LogP contribution in [0.4, 0.5) is 5.69 Å². The largest absolute Gasteiger partial charge is 0.385 e. The SMILES string of the molecule is CCNC(=O)c1cc(NCCC(N)COC)ccn1. The predicted molar refractivity (Wildman–Crippen MR) is 75.2 cm³/mol. The van der Waals surface area contributed by atoms with Crippen LogP contribution in [0, 0.1) is 0 Å². The van der Waals surface area contributed by atoms with Gasteiger partial charge in [0.05, 0.1) is 6.61 Å². The number of nitrogens with two attached hydrogens (primary N) is 1. The van der Waals surface area contributed by atoms with Crippen molar-refractivity contribution in [1.29, 1.82) is 0 Å². The van der Waals surface area contributed by atoms with E-state index in [2.05, 4.69) is 15.6 Å². The molecule has 19 heavy (non-hydrogen) atoms. The zero-order chi connectivity index (χ0) is 14.1. The first-order chi connectivity index (χ1) is 9.17. The number of amides is 1.